The van der Waals surface area contributed by atoms with E-state index in [9.17, 15) is 9.59 Å². The summed E-state index contributed by atoms with van der Waals surface area (Å²) in [6.45, 7) is 0.484. The molecule has 4 rings (SSSR count). The van der Waals surface area contributed by atoms with E-state index < -0.39 is 0 Å². The second-order valence-corrected chi connectivity index (χ2v) is 8.54. The lowest BCUT2D eigenvalue weighted by molar-refractivity contribution is 0.0715. The molecule has 0 spiro atoms. The fourth-order valence-electron chi connectivity index (χ4n) is 4.45. The average Bonchev–Trinajstić information content (AvgIpc) is 3.44. The third-order valence-electron chi connectivity index (χ3n) is 6.38. The number of aromatic nitrogens is 3. The summed E-state index contributed by atoms with van der Waals surface area (Å²) in [5.41, 5.74) is 4.51. The lowest BCUT2D eigenvalue weighted by Crippen LogP contribution is -2.41. The Bertz CT molecular complexity index is 1070. The Hall–Kier alpha value is -3.35. The number of nitrogens with zero attached hydrogens (tertiary/aromatic N) is 3. The van der Waals surface area contributed by atoms with Crippen LogP contribution in [0.5, 0.6) is 0 Å². The number of likely N-dealkylation sites (N-methyl/N-ethyl adjacent to an activating group) is 1. The van der Waals surface area contributed by atoms with Crippen LogP contribution in [0, 0.1) is 0 Å². The molecule has 3 aromatic rings. The molecule has 0 radical (unpaired) electrons. The molecule has 168 valence electrons. The van der Waals surface area contributed by atoms with Crippen LogP contribution in [-0.4, -0.2) is 51.1 Å². The molecule has 0 saturated carbocycles. The first-order chi connectivity index (χ1) is 15.5. The second kappa shape index (κ2) is 9.85. The predicted octanol–water partition coefficient (Wildman–Crippen LogP) is 3.13. The van der Waals surface area contributed by atoms with E-state index in [1.54, 1.807) is 15.5 Å². The minimum Gasteiger partial charge on any atom is -0.351 e. The molecule has 0 fully saturated rings. The van der Waals surface area contributed by atoms with Crippen molar-refractivity contribution in [2.75, 3.05) is 13.6 Å². The van der Waals surface area contributed by atoms with Gasteiger partial charge >= 0.3 is 0 Å². The van der Waals surface area contributed by atoms with Crippen molar-refractivity contribution in [3.63, 3.8) is 0 Å². The molecule has 1 aliphatic rings. The monoisotopic (exact) mass is 433 g/mol. The molecule has 0 aliphatic heterocycles. The highest BCUT2D eigenvalue weighted by atomic mass is 16.2. The number of hydrogen-bond acceptors (Lipinski definition) is 3. The Labute approximate surface area is 188 Å². The van der Waals surface area contributed by atoms with Gasteiger partial charge in [-0.15, -0.1) is 0 Å². The van der Waals surface area contributed by atoms with Gasteiger partial charge in [-0.3, -0.25) is 14.7 Å². The molecule has 7 heteroatoms. The first-order valence-corrected chi connectivity index (χ1v) is 11.3. The molecular weight excluding hydrogens is 402 g/mol. The van der Waals surface area contributed by atoms with Crippen molar-refractivity contribution in [1.29, 1.82) is 0 Å². The van der Waals surface area contributed by atoms with Crippen molar-refractivity contribution in [2.45, 2.75) is 44.6 Å². The summed E-state index contributed by atoms with van der Waals surface area (Å²) in [6.07, 6.45) is 7.31. The van der Waals surface area contributed by atoms with Crippen LogP contribution < -0.4 is 5.32 Å². The summed E-state index contributed by atoms with van der Waals surface area (Å²) in [5.74, 6) is -0.162. The van der Waals surface area contributed by atoms with Gasteiger partial charge in [0, 0.05) is 44.1 Å². The molecule has 0 bridgehead atoms. The van der Waals surface area contributed by atoms with Gasteiger partial charge in [0.05, 0.1) is 0 Å². The van der Waals surface area contributed by atoms with Crippen LogP contribution >= 0.6 is 0 Å². The number of carbonyl (C=O) groups is 2. The van der Waals surface area contributed by atoms with E-state index in [0.29, 0.717) is 24.4 Å². The zero-order valence-electron chi connectivity index (χ0n) is 18.8. The minimum atomic E-state index is -0.105. The lowest BCUT2D eigenvalue weighted by atomic mass is 9.95. The highest BCUT2D eigenvalue weighted by Crippen LogP contribution is 2.24. The summed E-state index contributed by atoms with van der Waals surface area (Å²) in [7, 11) is 3.70. The van der Waals surface area contributed by atoms with Crippen LogP contribution in [0.2, 0.25) is 0 Å². The van der Waals surface area contributed by atoms with Gasteiger partial charge in [-0.05, 0) is 56.2 Å². The first-order valence-electron chi connectivity index (χ1n) is 11.3. The van der Waals surface area contributed by atoms with Crippen LogP contribution in [0.15, 0.2) is 48.7 Å². The maximum Gasteiger partial charge on any atom is 0.274 e. The van der Waals surface area contributed by atoms with E-state index in [2.05, 4.69) is 27.6 Å². The van der Waals surface area contributed by atoms with Gasteiger partial charge in [0.15, 0.2) is 5.69 Å². The number of nitrogens with one attached hydrogen (secondary N) is 2. The first kappa shape index (κ1) is 21.9. The lowest BCUT2D eigenvalue weighted by Gasteiger charge is -2.28. The zero-order chi connectivity index (χ0) is 22.5. The zero-order valence-corrected chi connectivity index (χ0v) is 18.8. The van der Waals surface area contributed by atoms with Crippen molar-refractivity contribution in [1.82, 2.24) is 25.0 Å². The molecule has 2 aromatic heterocycles. The third-order valence-corrected chi connectivity index (χ3v) is 6.38. The molecule has 2 amide bonds. The maximum absolute atomic E-state index is 13.4. The van der Waals surface area contributed by atoms with Gasteiger partial charge in [-0.25, -0.2) is 0 Å². The topological polar surface area (TPSA) is 83.0 Å². The summed E-state index contributed by atoms with van der Waals surface area (Å²) in [6, 6.07) is 13.7. The quantitative estimate of drug-likeness (QED) is 0.573. The van der Waals surface area contributed by atoms with E-state index in [1.165, 1.54) is 0 Å². The van der Waals surface area contributed by atoms with Crippen LogP contribution in [-0.2, 0) is 26.3 Å². The van der Waals surface area contributed by atoms with E-state index >= 15 is 0 Å². The largest absolute Gasteiger partial charge is 0.351 e. The van der Waals surface area contributed by atoms with Crippen LogP contribution in [0.4, 0.5) is 0 Å². The number of fused-ring (bicyclic) bond motifs is 1. The number of aryl methyl sites for hydroxylation is 2. The smallest absolute Gasteiger partial charge is 0.274 e. The molecule has 1 atom stereocenters. The van der Waals surface area contributed by atoms with Crippen LogP contribution in [0.3, 0.4) is 0 Å². The number of H-pyrrole nitrogens is 1. The van der Waals surface area contributed by atoms with Gasteiger partial charge in [-0.1, -0.05) is 30.3 Å². The summed E-state index contributed by atoms with van der Waals surface area (Å²) < 4.78 is 1.80. The van der Waals surface area contributed by atoms with Crippen molar-refractivity contribution in [2.24, 2.45) is 7.05 Å². The van der Waals surface area contributed by atoms with Crippen molar-refractivity contribution >= 4 is 11.8 Å². The van der Waals surface area contributed by atoms with Crippen molar-refractivity contribution in [3.8, 4) is 0 Å². The van der Waals surface area contributed by atoms with Crippen molar-refractivity contribution < 1.29 is 9.59 Å². The molecule has 7 nitrogen and oxygen atoms in total. The highest BCUT2D eigenvalue weighted by molar-refractivity contribution is 5.94. The Balaban J connectivity index is 1.47. The number of benzene rings is 1. The van der Waals surface area contributed by atoms with Crippen molar-refractivity contribution in [3.05, 3.63) is 76.9 Å². The molecule has 1 aliphatic carbocycles. The molecule has 2 N–H and O–H groups in total. The number of carbonyl (C=O) groups excluding carboxylic acids is 2. The van der Waals surface area contributed by atoms with Crippen LogP contribution in [0.25, 0.3) is 0 Å². The number of rotatable bonds is 8. The standard InChI is InChI=1S/C25H31N5O2/c1-29-16-8-13-22(29)24(31)26-15-14-19(17-18-9-4-3-5-10-18)30(2)25(32)23-20-11-6-7-12-21(20)27-28-23/h3-5,8-10,13,16,19H,6-7,11-12,14-15,17H2,1-2H3,(H,26,31)(H,27,28)/t19-/m1/s1. The number of amides is 2. The fraction of sp³-hybridized carbons (Fsp3) is 0.400. The average molecular weight is 434 g/mol. The number of hydrogen-bond donors (Lipinski definition) is 2. The predicted molar refractivity (Wildman–Crippen MR) is 124 cm³/mol. The number of aromatic amines is 1. The van der Waals surface area contributed by atoms with E-state index in [1.807, 2.05) is 44.6 Å². The van der Waals surface area contributed by atoms with Gasteiger partial charge in [0.2, 0.25) is 0 Å². The van der Waals surface area contributed by atoms with Gasteiger partial charge in [0.25, 0.3) is 11.8 Å². The Kier molecular flexibility index (Phi) is 6.73. The summed E-state index contributed by atoms with van der Waals surface area (Å²) in [5, 5.41) is 10.4. The molecule has 0 saturated heterocycles. The second-order valence-electron chi connectivity index (χ2n) is 8.54. The van der Waals surface area contributed by atoms with E-state index in [0.717, 1.165) is 48.9 Å². The fourth-order valence-corrected chi connectivity index (χ4v) is 4.45. The Morgan fingerprint density at radius 1 is 1.16 bits per heavy atom. The Morgan fingerprint density at radius 2 is 1.94 bits per heavy atom. The maximum atomic E-state index is 13.4. The SMILES string of the molecule is CN(C(=O)c1n[nH]c2c1CCCC2)[C@H](CCNC(=O)c1cccn1C)Cc1ccccc1. The Morgan fingerprint density at radius 3 is 2.69 bits per heavy atom. The van der Waals surface area contributed by atoms with Gasteiger partial charge in [-0.2, -0.15) is 5.10 Å². The van der Waals surface area contributed by atoms with E-state index in [4.69, 9.17) is 0 Å². The van der Waals surface area contributed by atoms with Crippen LogP contribution in [0.1, 0.15) is 57.1 Å². The molecule has 1 aromatic carbocycles. The molecule has 2 heterocycles. The third kappa shape index (κ3) is 4.77. The molecule has 0 unspecified atom stereocenters. The highest BCUT2D eigenvalue weighted by Gasteiger charge is 2.28. The van der Waals surface area contributed by atoms with Gasteiger partial charge < -0.3 is 14.8 Å². The summed E-state index contributed by atoms with van der Waals surface area (Å²) >= 11 is 0. The summed E-state index contributed by atoms with van der Waals surface area (Å²) in [4.78, 5) is 27.7. The molecule has 32 heavy (non-hydrogen) atoms. The van der Waals surface area contributed by atoms with Gasteiger partial charge in [0.1, 0.15) is 5.69 Å². The van der Waals surface area contributed by atoms with E-state index in [-0.39, 0.29) is 17.9 Å². The normalized spacial score (nSPS) is 13.9. The minimum absolute atomic E-state index is 0.0564. The molecular formula is C25H31N5O2.